The molecule has 2 heterocycles. The Kier molecular flexibility index (Phi) is 3.93. The summed E-state index contributed by atoms with van der Waals surface area (Å²) in [6.07, 6.45) is -2.95. The molecule has 7 nitrogen and oxygen atoms in total. The highest BCUT2D eigenvalue weighted by Crippen LogP contribution is 2.38. The van der Waals surface area contributed by atoms with Crippen LogP contribution in [-0.4, -0.2) is 54.1 Å². The Balaban J connectivity index is 2.07. The molecule has 7 heteroatoms. The van der Waals surface area contributed by atoms with Crippen molar-refractivity contribution in [1.82, 2.24) is 0 Å². The molecule has 2 rings (SSSR count). The van der Waals surface area contributed by atoms with Crippen molar-refractivity contribution in [3.63, 3.8) is 0 Å². The molecule has 0 aliphatic carbocycles. The summed E-state index contributed by atoms with van der Waals surface area (Å²) in [4.78, 5) is 11.4. The lowest BCUT2D eigenvalue weighted by molar-refractivity contribution is -0.227. The second-order valence-electron chi connectivity index (χ2n) is 5.00. The summed E-state index contributed by atoms with van der Waals surface area (Å²) >= 11 is 0. The molecular weight excluding hydrogens is 254 g/mol. The van der Waals surface area contributed by atoms with E-state index in [1.54, 1.807) is 13.8 Å². The molecule has 0 saturated carbocycles. The molecule has 0 unspecified atom stereocenters. The molecule has 5 atom stereocenters. The van der Waals surface area contributed by atoms with Gasteiger partial charge in [0.05, 0.1) is 6.61 Å². The molecule has 0 aromatic rings. The molecule has 108 valence electrons. The Bertz CT molecular complexity index is 371. The predicted octanol–water partition coefficient (Wildman–Crippen LogP) is -0.720. The number of nitrogens with two attached hydrogens (primary N) is 1. The van der Waals surface area contributed by atoms with E-state index in [0.29, 0.717) is 0 Å². The molecule has 0 radical (unpaired) electrons. The average Bonchev–Trinajstić information content (AvgIpc) is 2.74. The van der Waals surface area contributed by atoms with Crippen LogP contribution >= 0.6 is 0 Å². The van der Waals surface area contributed by atoms with Gasteiger partial charge in [0.2, 0.25) is 5.91 Å². The smallest absolute Gasteiger partial charge is 0.249 e. The first-order valence-electron chi connectivity index (χ1n) is 6.06. The Morgan fingerprint density at radius 2 is 2.26 bits per heavy atom. The van der Waals surface area contributed by atoms with Gasteiger partial charge in [-0.3, -0.25) is 4.79 Å². The van der Waals surface area contributed by atoms with E-state index >= 15 is 0 Å². The first-order chi connectivity index (χ1) is 8.85. The molecular formula is C12H19NO6. The number of aliphatic hydroxyl groups is 1. The number of carbonyl (C=O) groups is 1. The van der Waals surface area contributed by atoms with Gasteiger partial charge in [-0.05, 0) is 13.8 Å². The Hall–Kier alpha value is -0.990. The number of rotatable bonds is 5. The summed E-state index contributed by atoms with van der Waals surface area (Å²) in [7, 11) is 0. The number of hydrogen-bond donors (Lipinski definition) is 2. The van der Waals surface area contributed by atoms with Crippen molar-refractivity contribution in [2.45, 2.75) is 50.3 Å². The number of hydrogen-bond acceptors (Lipinski definition) is 6. The Morgan fingerprint density at radius 1 is 1.58 bits per heavy atom. The molecule has 2 saturated heterocycles. The fourth-order valence-corrected chi connectivity index (χ4v) is 2.28. The van der Waals surface area contributed by atoms with Gasteiger partial charge in [-0.15, -0.1) is 6.58 Å². The van der Waals surface area contributed by atoms with Crippen LogP contribution in [0.2, 0.25) is 0 Å². The lowest BCUT2D eigenvalue weighted by atomic mass is 10.1. The normalized spacial score (nSPS) is 37.8. The molecule has 0 bridgehead atoms. The van der Waals surface area contributed by atoms with E-state index in [2.05, 4.69) is 6.58 Å². The average molecular weight is 273 g/mol. The molecule has 3 N–H and O–H groups in total. The third-order valence-corrected chi connectivity index (χ3v) is 3.03. The van der Waals surface area contributed by atoms with E-state index in [0.717, 1.165) is 0 Å². The summed E-state index contributed by atoms with van der Waals surface area (Å²) in [5.74, 6) is -1.55. The fourth-order valence-electron chi connectivity index (χ4n) is 2.28. The highest BCUT2D eigenvalue weighted by atomic mass is 16.8. The summed E-state index contributed by atoms with van der Waals surface area (Å²) in [6.45, 7) is 7.05. The van der Waals surface area contributed by atoms with Crippen LogP contribution in [0.1, 0.15) is 13.8 Å². The number of fused-ring (bicyclic) bond motifs is 1. The monoisotopic (exact) mass is 273 g/mol. The van der Waals surface area contributed by atoms with Crippen LogP contribution < -0.4 is 5.73 Å². The first-order valence-corrected chi connectivity index (χ1v) is 6.06. The zero-order valence-corrected chi connectivity index (χ0v) is 10.9. The summed E-state index contributed by atoms with van der Waals surface area (Å²) in [6, 6.07) is 0. The largest absolute Gasteiger partial charge is 0.387 e. The number of amides is 1. The van der Waals surface area contributed by atoms with E-state index in [4.69, 9.17) is 24.7 Å². The highest BCUT2D eigenvalue weighted by molar-refractivity contribution is 5.79. The molecule has 0 aromatic heterocycles. The minimum atomic E-state index is -1.08. The predicted molar refractivity (Wildman–Crippen MR) is 63.8 cm³/mol. The van der Waals surface area contributed by atoms with E-state index in [1.807, 2.05) is 0 Å². The van der Waals surface area contributed by atoms with Gasteiger partial charge in [0.25, 0.3) is 0 Å². The lowest BCUT2D eigenvalue weighted by Crippen LogP contribution is -2.48. The van der Waals surface area contributed by atoms with Gasteiger partial charge in [0, 0.05) is 0 Å². The topological polar surface area (TPSA) is 100 Å². The maximum absolute atomic E-state index is 11.4. The van der Waals surface area contributed by atoms with Crippen LogP contribution in [-0.2, 0) is 23.7 Å². The van der Waals surface area contributed by atoms with Crippen molar-refractivity contribution in [2.75, 3.05) is 6.61 Å². The van der Waals surface area contributed by atoms with Crippen LogP contribution in [0.5, 0.6) is 0 Å². The molecule has 2 aliphatic rings. The Morgan fingerprint density at radius 3 is 2.79 bits per heavy atom. The minimum absolute atomic E-state index is 0.128. The van der Waals surface area contributed by atoms with Crippen molar-refractivity contribution >= 4 is 5.91 Å². The summed E-state index contributed by atoms with van der Waals surface area (Å²) in [5, 5.41) is 10.2. The van der Waals surface area contributed by atoms with Crippen molar-refractivity contribution in [2.24, 2.45) is 5.73 Å². The van der Waals surface area contributed by atoms with E-state index in [1.165, 1.54) is 6.08 Å². The van der Waals surface area contributed by atoms with Crippen molar-refractivity contribution in [3.8, 4) is 0 Å². The molecule has 2 fully saturated rings. The number of primary amides is 1. The fraction of sp³-hybridized carbons (Fsp3) is 0.750. The maximum atomic E-state index is 11.4. The second kappa shape index (κ2) is 5.18. The number of aliphatic hydroxyl groups excluding tert-OH is 1. The SMILES string of the molecule is C=CCO[C@H](C(N)=O)[C@H]1O[C@@H]2OC(C)(C)O[C@@H]2[C@H]1O. The second-order valence-corrected chi connectivity index (χ2v) is 5.00. The maximum Gasteiger partial charge on any atom is 0.249 e. The quantitative estimate of drug-likeness (QED) is 0.641. The minimum Gasteiger partial charge on any atom is -0.387 e. The number of ether oxygens (including phenoxy) is 4. The van der Waals surface area contributed by atoms with Crippen molar-refractivity contribution in [3.05, 3.63) is 12.7 Å². The van der Waals surface area contributed by atoms with Gasteiger partial charge in [0.1, 0.15) is 18.3 Å². The molecule has 0 aromatic carbocycles. The van der Waals surface area contributed by atoms with Crippen LogP contribution in [0, 0.1) is 0 Å². The van der Waals surface area contributed by atoms with Gasteiger partial charge in [-0.25, -0.2) is 0 Å². The summed E-state index contributed by atoms with van der Waals surface area (Å²) < 4.78 is 21.7. The zero-order chi connectivity index (χ0) is 14.2. The lowest BCUT2D eigenvalue weighted by Gasteiger charge is -2.26. The van der Waals surface area contributed by atoms with E-state index in [-0.39, 0.29) is 6.61 Å². The van der Waals surface area contributed by atoms with Gasteiger partial charge < -0.3 is 29.8 Å². The molecule has 2 aliphatic heterocycles. The van der Waals surface area contributed by atoms with Gasteiger partial charge in [-0.1, -0.05) is 6.08 Å². The van der Waals surface area contributed by atoms with Gasteiger partial charge in [0.15, 0.2) is 18.2 Å². The third kappa shape index (κ3) is 2.80. The zero-order valence-electron chi connectivity index (χ0n) is 10.9. The standard InChI is InChI=1S/C12H19NO6/c1-4-5-16-9(10(13)15)7-6(14)8-11(17-7)19-12(2,3)18-8/h4,6-9,11,14H,1,5H2,2-3H3,(H2,13,15)/t6-,7-,8+,9-,11+/m0/s1. The van der Waals surface area contributed by atoms with Crippen molar-refractivity contribution < 1.29 is 28.8 Å². The Labute approximate surface area is 111 Å². The highest BCUT2D eigenvalue weighted by Gasteiger charge is 2.57. The van der Waals surface area contributed by atoms with Crippen molar-refractivity contribution in [1.29, 1.82) is 0 Å². The first kappa shape index (κ1) is 14.4. The van der Waals surface area contributed by atoms with E-state index < -0.39 is 42.4 Å². The van der Waals surface area contributed by atoms with Crippen LogP contribution in [0.15, 0.2) is 12.7 Å². The van der Waals surface area contributed by atoms with Crippen LogP contribution in [0.25, 0.3) is 0 Å². The van der Waals surface area contributed by atoms with Gasteiger partial charge in [-0.2, -0.15) is 0 Å². The summed E-state index contributed by atoms with van der Waals surface area (Å²) in [5.41, 5.74) is 5.25. The third-order valence-electron chi connectivity index (χ3n) is 3.03. The molecule has 0 spiro atoms. The molecule has 19 heavy (non-hydrogen) atoms. The molecule has 1 amide bonds. The van der Waals surface area contributed by atoms with Gasteiger partial charge >= 0.3 is 0 Å². The van der Waals surface area contributed by atoms with E-state index in [9.17, 15) is 9.90 Å². The number of carbonyl (C=O) groups excluding carboxylic acids is 1. The van der Waals surface area contributed by atoms with Crippen LogP contribution in [0.4, 0.5) is 0 Å². The van der Waals surface area contributed by atoms with Crippen LogP contribution in [0.3, 0.4) is 0 Å².